The van der Waals surface area contributed by atoms with Gasteiger partial charge in [-0.3, -0.25) is 9.89 Å². The highest BCUT2D eigenvalue weighted by atomic mass is 127. The van der Waals surface area contributed by atoms with Crippen LogP contribution in [0.5, 0.6) is 0 Å². The fourth-order valence-electron chi connectivity index (χ4n) is 3.95. The van der Waals surface area contributed by atoms with Crippen molar-refractivity contribution >= 4 is 41.7 Å². The lowest BCUT2D eigenvalue weighted by Crippen LogP contribution is -2.59. The quantitative estimate of drug-likeness (QED) is 0.202. The highest BCUT2D eigenvalue weighted by Crippen LogP contribution is 2.34. The number of nitrogens with zero attached hydrogens (tertiary/aromatic N) is 2. The number of hydrogen-bond acceptors (Lipinski definition) is 5. The first kappa shape index (κ1) is 25.3. The fourth-order valence-corrected chi connectivity index (χ4v) is 4.85. The first-order valence-electron chi connectivity index (χ1n) is 10.1. The molecule has 2 N–H and O–H groups in total. The molecule has 1 aliphatic heterocycles. The lowest BCUT2D eigenvalue weighted by atomic mass is 9.80. The van der Waals surface area contributed by atoms with Crippen LogP contribution in [0, 0.1) is 0 Å². The van der Waals surface area contributed by atoms with Crippen molar-refractivity contribution in [2.45, 2.75) is 44.1 Å². The highest BCUT2D eigenvalue weighted by Gasteiger charge is 2.38. The SMILES string of the molecule is CN=C(NCCCOCCOC)NCC1(N2CCSCC2)CCCCC1.I. The first-order chi connectivity index (χ1) is 12.8. The molecule has 6 nitrogen and oxygen atoms in total. The maximum Gasteiger partial charge on any atom is 0.191 e. The molecular formula is C19H39IN4O2S. The lowest BCUT2D eigenvalue weighted by Gasteiger charge is -2.48. The molecule has 1 heterocycles. The smallest absolute Gasteiger partial charge is 0.191 e. The summed E-state index contributed by atoms with van der Waals surface area (Å²) in [6.45, 7) is 6.42. The summed E-state index contributed by atoms with van der Waals surface area (Å²) in [4.78, 5) is 7.16. The van der Waals surface area contributed by atoms with Crippen molar-refractivity contribution in [3.05, 3.63) is 0 Å². The van der Waals surface area contributed by atoms with E-state index in [1.54, 1.807) is 7.11 Å². The molecule has 2 fully saturated rings. The number of thioether (sulfide) groups is 1. The van der Waals surface area contributed by atoms with E-state index < -0.39 is 0 Å². The van der Waals surface area contributed by atoms with Crippen LogP contribution in [-0.4, -0.2) is 88.1 Å². The fraction of sp³-hybridized carbons (Fsp3) is 0.947. The Kier molecular flexibility index (Phi) is 14.2. The third kappa shape index (κ3) is 9.06. The van der Waals surface area contributed by atoms with Crippen LogP contribution < -0.4 is 10.6 Å². The average Bonchev–Trinajstić information content (AvgIpc) is 2.71. The summed E-state index contributed by atoms with van der Waals surface area (Å²) in [6.07, 6.45) is 7.70. The third-order valence-corrected chi connectivity index (χ3v) is 6.41. The van der Waals surface area contributed by atoms with Crippen LogP contribution in [0.4, 0.5) is 0 Å². The minimum atomic E-state index is 0. The molecule has 2 aliphatic rings. The van der Waals surface area contributed by atoms with Crippen LogP contribution >= 0.6 is 35.7 Å². The first-order valence-corrected chi connectivity index (χ1v) is 11.3. The van der Waals surface area contributed by atoms with E-state index in [2.05, 4.69) is 32.3 Å². The minimum absolute atomic E-state index is 0. The molecule has 1 aliphatic carbocycles. The number of nitrogens with one attached hydrogen (secondary N) is 2. The Hall–Kier alpha value is 0.230. The summed E-state index contributed by atoms with van der Waals surface area (Å²) < 4.78 is 10.5. The standard InChI is InChI=1S/C19H38N4O2S.HI/c1-20-18(21-9-6-12-25-14-13-24-2)22-17-19(7-4-3-5-8-19)23-10-15-26-16-11-23;/h3-17H2,1-2H3,(H2,20,21,22);1H. The molecule has 0 spiro atoms. The number of rotatable bonds is 10. The van der Waals surface area contributed by atoms with Crippen molar-refractivity contribution in [2.75, 3.05) is 71.7 Å². The Bertz CT molecular complexity index is 403. The van der Waals surface area contributed by atoms with E-state index in [1.165, 1.54) is 56.7 Å². The molecule has 1 saturated carbocycles. The maximum atomic E-state index is 5.51. The number of guanidine groups is 1. The lowest BCUT2D eigenvalue weighted by molar-refractivity contribution is 0.0624. The summed E-state index contributed by atoms with van der Waals surface area (Å²) in [5.41, 5.74) is 0.320. The van der Waals surface area contributed by atoms with Gasteiger partial charge in [0.05, 0.1) is 13.2 Å². The normalized spacial score (nSPS) is 20.7. The van der Waals surface area contributed by atoms with E-state index in [1.807, 2.05) is 7.05 Å². The number of methoxy groups -OCH3 is 1. The van der Waals surface area contributed by atoms with Crippen molar-refractivity contribution < 1.29 is 9.47 Å². The van der Waals surface area contributed by atoms with E-state index >= 15 is 0 Å². The van der Waals surface area contributed by atoms with Crippen molar-refractivity contribution in [3.8, 4) is 0 Å². The molecule has 0 bridgehead atoms. The number of hydrogen-bond donors (Lipinski definition) is 2. The Morgan fingerprint density at radius 3 is 2.48 bits per heavy atom. The molecule has 0 radical (unpaired) electrons. The highest BCUT2D eigenvalue weighted by molar-refractivity contribution is 14.0. The third-order valence-electron chi connectivity index (χ3n) is 5.46. The van der Waals surface area contributed by atoms with Gasteiger partial charge in [0.2, 0.25) is 0 Å². The largest absolute Gasteiger partial charge is 0.382 e. The Balaban J connectivity index is 0.00000364. The van der Waals surface area contributed by atoms with Gasteiger partial charge in [-0.2, -0.15) is 11.8 Å². The van der Waals surface area contributed by atoms with Gasteiger partial charge in [-0.15, -0.1) is 24.0 Å². The molecule has 0 aromatic carbocycles. The van der Waals surface area contributed by atoms with E-state index in [4.69, 9.17) is 9.47 Å². The zero-order chi connectivity index (χ0) is 18.5. The van der Waals surface area contributed by atoms with E-state index in [0.29, 0.717) is 18.8 Å². The summed E-state index contributed by atoms with van der Waals surface area (Å²) in [6, 6.07) is 0. The van der Waals surface area contributed by atoms with Crippen LogP contribution in [0.2, 0.25) is 0 Å². The van der Waals surface area contributed by atoms with Crippen molar-refractivity contribution in [3.63, 3.8) is 0 Å². The second-order valence-corrected chi connectivity index (χ2v) is 8.42. The molecule has 160 valence electrons. The summed E-state index contributed by atoms with van der Waals surface area (Å²) in [5.74, 6) is 3.47. The summed E-state index contributed by atoms with van der Waals surface area (Å²) >= 11 is 2.09. The van der Waals surface area contributed by atoms with E-state index in [0.717, 1.165) is 32.1 Å². The molecule has 2 rings (SSSR count). The molecule has 0 unspecified atom stereocenters. The van der Waals surface area contributed by atoms with Crippen molar-refractivity contribution in [1.82, 2.24) is 15.5 Å². The number of ether oxygens (including phenoxy) is 2. The van der Waals surface area contributed by atoms with Crippen molar-refractivity contribution in [2.24, 2.45) is 4.99 Å². The topological polar surface area (TPSA) is 58.1 Å². The molecular weight excluding hydrogens is 475 g/mol. The second kappa shape index (κ2) is 15.1. The zero-order valence-electron chi connectivity index (χ0n) is 17.1. The van der Waals surface area contributed by atoms with Crippen LogP contribution in [0.15, 0.2) is 4.99 Å². The summed E-state index contributed by atoms with van der Waals surface area (Å²) in [5, 5.41) is 7.04. The molecule has 0 atom stereocenters. The van der Waals surface area contributed by atoms with Crippen LogP contribution in [0.3, 0.4) is 0 Å². The molecule has 1 saturated heterocycles. The maximum absolute atomic E-state index is 5.51. The van der Waals surface area contributed by atoms with Gasteiger partial charge in [-0.1, -0.05) is 19.3 Å². The van der Waals surface area contributed by atoms with Crippen molar-refractivity contribution in [1.29, 1.82) is 0 Å². The van der Waals surface area contributed by atoms with Gasteiger partial charge in [-0.25, -0.2) is 0 Å². The predicted molar refractivity (Wildman–Crippen MR) is 127 cm³/mol. The predicted octanol–water partition coefficient (Wildman–Crippen LogP) is 2.57. The molecule has 27 heavy (non-hydrogen) atoms. The molecule has 0 aromatic rings. The molecule has 8 heteroatoms. The van der Waals surface area contributed by atoms with Gasteiger partial charge < -0.3 is 20.1 Å². The monoisotopic (exact) mass is 514 g/mol. The van der Waals surface area contributed by atoms with E-state index in [9.17, 15) is 0 Å². The van der Waals surface area contributed by atoms with Crippen LogP contribution in [0.25, 0.3) is 0 Å². The zero-order valence-corrected chi connectivity index (χ0v) is 20.3. The van der Waals surface area contributed by atoms with Crippen LogP contribution in [-0.2, 0) is 9.47 Å². The Morgan fingerprint density at radius 1 is 1.07 bits per heavy atom. The Labute approximate surface area is 187 Å². The van der Waals surface area contributed by atoms with Gasteiger partial charge in [0.1, 0.15) is 0 Å². The van der Waals surface area contributed by atoms with Gasteiger partial charge in [0.25, 0.3) is 0 Å². The molecule has 0 amide bonds. The molecule has 0 aromatic heterocycles. The minimum Gasteiger partial charge on any atom is -0.382 e. The van der Waals surface area contributed by atoms with Gasteiger partial charge >= 0.3 is 0 Å². The van der Waals surface area contributed by atoms with Gasteiger partial charge in [0, 0.05) is 64.0 Å². The van der Waals surface area contributed by atoms with Gasteiger partial charge in [0.15, 0.2) is 5.96 Å². The summed E-state index contributed by atoms with van der Waals surface area (Å²) in [7, 11) is 3.55. The van der Waals surface area contributed by atoms with Crippen LogP contribution in [0.1, 0.15) is 38.5 Å². The number of aliphatic imine (C=N–C) groups is 1. The Morgan fingerprint density at radius 2 is 1.81 bits per heavy atom. The van der Waals surface area contributed by atoms with E-state index in [-0.39, 0.29) is 24.0 Å². The second-order valence-electron chi connectivity index (χ2n) is 7.20. The van der Waals surface area contributed by atoms with Gasteiger partial charge in [-0.05, 0) is 19.3 Å². The number of halogens is 1. The average molecular weight is 515 g/mol.